The molecule has 0 bridgehead atoms. The fourth-order valence-corrected chi connectivity index (χ4v) is 4.26. The zero-order valence-corrected chi connectivity index (χ0v) is 21.7. The molecule has 0 radical (unpaired) electrons. The van der Waals surface area contributed by atoms with Crippen LogP contribution in [0, 0.1) is 0 Å². The minimum Gasteiger partial charge on any atom is -0.467 e. The third-order valence-electron chi connectivity index (χ3n) is 5.89. The first-order chi connectivity index (χ1) is 17.5. The van der Waals surface area contributed by atoms with Crippen molar-refractivity contribution >= 4 is 24.1 Å². The molecule has 1 fully saturated rings. The van der Waals surface area contributed by atoms with Gasteiger partial charge in [0.15, 0.2) is 0 Å². The first kappa shape index (κ1) is 28.0. The second kappa shape index (κ2) is 12.1. The van der Waals surface area contributed by atoms with Crippen molar-refractivity contribution in [1.29, 1.82) is 0 Å². The number of hydrogen-bond donors (Lipinski definition) is 1. The van der Waals surface area contributed by atoms with Crippen molar-refractivity contribution in [3.8, 4) is 0 Å². The van der Waals surface area contributed by atoms with Gasteiger partial charge in [0.25, 0.3) is 0 Å². The molecule has 2 aliphatic heterocycles. The third-order valence-corrected chi connectivity index (χ3v) is 5.89. The first-order valence-electron chi connectivity index (χ1n) is 12.1. The number of fused-ring (bicyclic) bond motifs is 1. The van der Waals surface area contributed by atoms with Crippen LogP contribution >= 0.6 is 0 Å². The quantitative estimate of drug-likeness (QED) is 0.241. The summed E-state index contributed by atoms with van der Waals surface area (Å²) < 4.78 is 21.3. The van der Waals surface area contributed by atoms with E-state index in [9.17, 15) is 19.2 Å². The highest BCUT2D eigenvalue weighted by molar-refractivity contribution is 5.90. The lowest BCUT2D eigenvalue weighted by molar-refractivity contribution is -0.152. The normalized spacial score (nSPS) is 19.6. The zero-order valence-electron chi connectivity index (χ0n) is 21.7. The van der Waals surface area contributed by atoms with Gasteiger partial charge in [0.1, 0.15) is 23.8 Å². The van der Waals surface area contributed by atoms with Gasteiger partial charge in [0.2, 0.25) is 5.91 Å². The van der Waals surface area contributed by atoms with Crippen LogP contribution in [-0.2, 0) is 41.6 Å². The molecular weight excluding hydrogens is 482 g/mol. The summed E-state index contributed by atoms with van der Waals surface area (Å²) in [6, 6.07) is 5.60. The van der Waals surface area contributed by atoms with Crippen LogP contribution in [0.4, 0.5) is 9.59 Å². The molecule has 11 heteroatoms. The Morgan fingerprint density at radius 2 is 1.81 bits per heavy atom. The fraction of sp³-hybridized carbons (Fsp3) is 0.538. The van der Waals surface area contributed by atoms with Gasteiger partial charge in [-0.1, -0.05) is 30.3 Å². The van der Waals surface area contributed by atoms with Gasteiger partial charge < -0.3 is 29.2 Å². The number of hydrogen-bond acceptors (Lipinski definition) is 8. The molecule has 3 rings (SSSR count). The van der Waals surface area contributed by atoms with E-state index in [0.29, 0.717) is 13.1 Å². The Morgan fingerprint density at radius 3 is 2.38 bits per heavy atom. The lowest BCUT2D eigenvalue weighted by Crippen LogP contribution is -2.54. The van der Waals surface area contributed by atoms with E-state index in [-0.39, 0.29) is 26.2 Å². The molecule has 11 nitrogen and oxygen atoms in total. The van der Waals surface area contributed by atoms with E-state index < -0.39 is 47.9 Å². The summed E-state index contributed by atoms with van der Waals surface area (Å²) in [6.45, 7) is 9.45. The van der Waals surface area contributed by atoms with Gasteiger partial charge in [-0.15, -0.1) is 6.58 Å². The minimum absolute atomic E-state index is 0.0426. The lowest BCUT2D eigenvalue weighted by Gasteiger charge is -2.28. The van der Waals surface area contributed by atoms with Crippen LogP contribution in [0.2, 0.25) is 0 Å². The fourth-order valence-electron chi connectivity index (χ4n) is 4.26. The molecule has 1 aromatic rings. The molecule has 3 amide bonds. The molecule has 2 aliphatic rings. The maximum atomic E-state index is 13.5. The summed E-state index contributed by atoms with van der Waals surface area (Å²) in [6.07, 6.45) is -0.498. The minimum atomic E-state index is -1.15. The van der Waals surface area contributed by atoms with Gasteiger partial charge in [-0.2, -0.15) is 0 Å². The van der Waals surface area contributed by atoms with Crippen LogP contribution in [0.25, 0.3) is 0 Å². The second-order valence-corrected chi connectivity index (χ2v) is 9.92. The van der Waals surface area contributed by atoms with Crippen molar-refractivity contribution in [2.45, 2.75) is 64.1 Å². The van der Waals surface area contributed by atoms with E-state index in [0.717, 1.165) is 11.1 Å². The lowest BCUT2D eigenvalue weighted by atomic mass is 10.1. The molecule has 202 valence electrons. The van der Waals surface area contributed by atoms with Crippen molar-refractivity contribution in [1.82, 2.24) is 15.1 Å². The Hall–Kier alpha value is -3.60. The van der Waals surface area contributed by atoms with E-state index in [4.69, 9.17) is 18.9 Å². The van der Waals surface area contributed by atoms with E-state index in [2.05, 4.69) is 11.9 Å². The molecule has 3 atom stereocenters. The molecule has 2 heterocycles. The molecule has 1 saturated heterocycles. The summed E-state index contributed by atoms with van der Waals surface area (Å²) >= 11 is 0. The van der Waals surface area contributed by atoms with Crippen molar-refractivity contribution in [3.63, 3.8) is 0 Å². The summed E-state index contributed by atoms with van der Waals surface area (Å²) in [7, 11) is 1.22. The summed E-state index contributed by atoms with van der Waals surface area (Å²) in [5, 5.41) is 2.52. The molecule has 0 saturated carbocycles. The Morgan fingerprint density at radius 1 is 1.16 bits per heavy atom. The van der Waals surface area contributed by atoms with Gasteiger partial charge >= 0.3 is 18.2 Å². The molecular formula is C26H35N3O8. The Labute approximate surface area is 216 Å². The Balaban J connectivity index is 1.70. The number of carbonyl (C=O) groups excluding carboxylic acids is 4. The van der Waals surface area contributed by atoms with Crippen molar-refractivity contribution < 1.29 is 38.1 Å². The maximum absolute atomic E-state index is 13.5. The summed E-state index contributed by atoms with van der Waals surface area (Å²) in [5.41, 5.74) is 1.31. The standard InChI is InChI=1S/C26H35N3O8/c1-6-11-35-16-20(27-24(32)37-26(2,3)4)22(30)29-15-19(12-21(29)23(31)34-5)36-25(33)28-13-17-9-7-8-10-18(17)14-28/h6-10,19-21H,1,11-16H2,2-5H3,(H,27,32)/t19-,20+,21+/m1/s1. The summed E-state index contributed by atoms with van der Waals surface area (Å²) in [4.78, 5) is 54.1. The maximum Gasteiger partial charge on any atom is 0.410 e. The molecule has 37 heavy (non-hydrogen) atoms. The highest BCUT2D eigenvalue weighted by Crippen LogP contribution is 2.27. The predicted molar refractivity (Wildman–Crippen MR) is 132 cm³/mol. The largest absolute Gasteiger partial charge is 0.467 e. The number of likely N-dealkylation sites (tertiary alicyclic amines) is 1. The van der Waals surface area contributed by atoms with Gasteiger partial charge in [-0.3, -0.25) is 9.69 Å². The molecule has 1 N–H and O–H groups in total. The third kappa shape index (κ3) is 7.45. The topological polar surface area (TPSA) is 124 Å². The number of benzene rings is 1. The van der Waals surface area contributed by atoms with E-state index in [1.54, 1.807) is 25.7 Å². The van der Waals surface area contributed by atoms with Crippen molar-refractivity contribution in [2.75, 3.05) is 26.9 Å². The number of methoxy groups -OCH3 is 1. The van der Waals surface area contributed by atoms with Crippen molar-refractivity contribution in [3.05, 3.63) is 48.0 Å². The van der Waals surface area contributed by atoms with Crippen LogP contribution in [-0.4, -0.2) is 84.5 Å². The molecule has 0 aromatic heterocycles. The van der Waals surface area contributed by atoms with Crippen molar-refractivity contribution in [2.24, 2.45) is 0 Å². The monoisotopic (exact) mass is 517 g/mol. The van der Waals surface area contributed by atoms with E-state index >= 15 is 0 Å². The van der Waals surface area contributed by atoms with Crippen LogP contribution in [0.1, 0.15) is 38.3 Å². The van der Waals surface area contributed by atoms with Gasteiger partial charge in [0.05, 0.1) is 26.9 Å². The molecule has 0 aliphatic carbocycles. The average molecular weight is 518 g/mol. The number of rotatable bonds is 8. The number of carbonyl (C=O) groups is 4. The van der Waals surface area contributed by atoms with Crippen LogP contribution in [0.15, 0.2) is 36.9 Å². The highest BCUT2D eigenvalue weighted by Gasteiger charge is 2.45. The smallest absolute Gasteiger partial charge is 0.410 e. The number of alkyl carbamates (subject to hydrolysis) is 1. The second-order valence-electron chi connectivity index (χ2n) is 9.92. The number of nitrogens with one attached hydrogen (secondary N) is 1. The first-order valence-corrected chi connectivity index (χ1v) is 12.1. The number of ether oxygens (including phenoxy) is 4. The number of amides is 3. The SMILES string of the molecule is C=CCOC[C@H](NC(=O)OC(C)(C)C)C(=O)N1C[C@H](OC(=O)N2Cc3ccccc3C2)C[C@H]1C(=O)OC. The van der Waals surface area contributed by atoms with Crippen LogP contribution < -0.4 is 5.32 Å². The highest BCUT2D eigenvalue weighted by atomic mass is 16.6. The number of nitrogens with zero attached hydrogens (tertiary/aromatic N) is 2. The number of esters is 1. The van der Waals surface area contributed by atoms with Crippen LogP contribution in [0.3, 0.4) is 0 Å². The van der Waals surface area contributed by atoms with Gasteiger partial charge in [0, 0.05) is 19.5 Å². The van der Waals surface area contributed by atoms with Gasteiger partial charge in [-0.25, -0.2) is 14.4 Å². The Kier molecular flexibility index (Phi) is 9.14. The van der Waals surface area contributed by atoms with E-state index in [1.165, 1.54) is 18.1 Å². The zero-order chi connectivity index (χ0) is 27.2. The predicted octanol–water partition coefficient (Wildman–Crippen LogP) is 2.38. The molecule has 0 spiro atoms. The van der Waals surface area contributed by atoms with Gasteiger partial charge in [-0.05, 0) is 31.9 Å². The summed E-state index contributed by atoms with van der Waals surface area (Å²) in [5.74, 6) is -1.24. The van der Waals surface area contributed by atoms with Crippen LogP contribution in [0.5, 0.6) is 0 Å². The molecule has 0 unspecified atom stereocenters. The van der Waals surface area contributed by atoms with E-state index in [1.807, 2.05) is 24.3 Å². The molecule has 1 aromatic carbocycles. The Bertz CT molecular complexity index is 996. The average Bonchev–Trinajstić information content (AvgIpc) is 3.46.